The first-order chi connectivity index (χ1) is 8.95. The minimum Gasteiger partial charge on any atom is -0.371 e. The van der Waals surface area contributed by atoms with Crippen LogP contribution in [-0.2, 0) is 0 Å². The monoisotopic (exact) mass is 262 g/mol. The first kappa shape index (κ1) is 12.2. The minimum absolute atomic E-state index is 0.539. The fourth-order valence-corrected chi connectivity index (χ4v) is 4.07. The first-order valence-corrected chi connectivity index (χ1v) is 8.20. The van der Waals surface area contributed by atoms with Crippen LogP contribution in [0.3, 0.4) is 0 Å². The van der Waals surface area contributed by atoms with Gasteiger partial charge in [0.25, 0.3) is 0 Å². The Kier molecular flexibility index (Phi) is 3.99. The summed E-state index contributed by atoms with van der Waals surface area (Å²) in [5, 5.41) is 8.04. The number of hydrogen-bond donors (Lipinski definition) is 1. The Morgan fingerprint density at radius 1 is 1.22 bits per heavy atom. The van der Waals surface area contributed by atoms with E-state index in [1.165, 1.54) is 49.9 Å². The highest BCUT2D eigenvalue weighted by atomic mass is 32.1. The summed E-state index contributed by atoms with van der Waals surface area (Å²) in [4.78, 5) is 4.71. The van der Waals surface area contributed by atoms with Crippen molar-refractivity contribution >= 4 is 17.2 Å². The van der Waals surface area contributed by atoms with E-state index in [9.17, 15) is 0 Å². The maximum Gasteiger partial charge on any atom is 0.104 e. The molecule has 1 atom stereocenters. The second-order valence-electron chi connectivity index (χ2n) is 5.48. The fourth-order valence-electron chi connectivity index (χ4n) is 3.37. The van der Waals surface area contributed by atoms with Crippen LogP contribution in [0.15, 0.2) is 21.8 Å². The van der Waals surface area contributed by atoms with E-state index in [2.05, 4.69) is 22.1 Å². The molecule has 0 saturated heterocycles. The van der Waals surface area contributed by atoms with E-state index >= 15 is 0 Å². The zero-order chi connectivity index (χ0) is 12.2. The number of thiophene rings is 1. The molecular formula is C15H22N2S. The number of aliphatic imine (C=N–C) groups is 1. The summed E-state index contributed by atoms with van der Waals surface area (Å²) >= 11 is 1.81. The lowest BCUT2D eigenvalue weighted by Gasteiger charge is -2.26. The molecule has 0 aromatic carbocycles. The molecule has 1 N–H and O–H groups in total. The van der Waals surface area contributed by atoms with Gasteiger partial charge in [-0.05, 0) is 41.1 Å². The lowest BCUT2D eigenvalue weighted by molar-refractivity contribution is 0.430. The highest BCUT2D eigenvalue weighted by Crippen LogP contribution is 2.37. The largest absolute Gasteiger partial charge is 0.371 e. The molecule has 0 amide bonds. The summed E-state index contributed by atoms with van der Waals surface area (Å²) in [6, 6.07) is 2.29. The molecule has 0 bridgehead atoms. The Labute approximate surface area is 114 Å². The summed E-state index contributed by atoms with van der Waals surface area (Å²) in [5.74, 6) is 2.60. The first-order valence-electron chi connectivity index (χ1n) is 7.25. The Balaban J connectivity index is 1.84. The Morgan fingerprint density at radius 3 is 2.67 bits per heavy atom. The van der Waals surface area contributed by atoms with E-state index < -0.39 is 0 Å². The summed E-state index contributed by atoms with van der Waals surface area (Å²) in [7, 11) is 0. The van der Waals surface area contributed by atoms with Gasteiger partial charge in [0.05, 0.1) is 6.54 Å². The van der Waals surface area contributed by atoms with Crippen LogP contribution >= 0.6 is 11.3 Å². The summed E-state index contributed by atoms with van der Waals surface area (Å²) in [6.45, 7) is 1.99. The normalized spacial score (nSPS) is 23.2. The van der Waals surface area contributed by atoms with E-state index in [1.807, 2.05) is 11.3 Å². The molecule has 1 unspecified atom stereocenters. The van der Waals surface area contributed by atoms with Crippen LogP contribution in [0.1, 0.15) is 50.0 Å². The zero-order valence-electron chi connectivity index (χ0n) is 10.9. The van der Waals surface area contributed by atoms with Crippen LogP contribution in [0, 0.1) is 5.92 Å². The van der Waals surface area contributed by atoms with Gasteiger partial charge in [0.1, 0.15) is 5.84 Å². The molecule has 1 fully saturated rings. The van der Waals surface area contributed by atoms with E-state index in [4.69, 9.17) is 4.99 Å². The van der Waals surface area contributed by atoms with Gasteiger partial charge < -0.3 is 5.32 Å². The van der Waals surface area contributed by atoms with Crippen molar-refractivity contribution in [3.8, 4) is 0 Å². The molecule has 1 aromatic rings. The van der Waals surface area contributed by atoms with Gasteiger partial charge in [0, 0.05) is 12.5 Å². The highest BCUT2D eigenvalue weighted by molar-refractivity contribution is 7.08. The Bertz CT molecular complexity index is 389. The van der Waals surface area contributed by atoms with Gasteiger partial charge >= 0.3 is 0 Å². The highest BCUT2D eigenvalue weighted by Gasteiger charge is 2.29. The van der Waals surface area contributed by atoms with E-state index in [0.29, 0.717) is 5.92 Å². The molecular weight excluding hydrogens is 240 g/mol. The molecule has 2 heterocycles. The number of amidine groups is 1. The zero-order valence-corrected chi connectivity index (χ0v) is 11.7. The molecule has 2 aliphatic rings. The van der Waals surface area contributed by atoms with Crippen molar-refractivity contribution in [3.05, 3.63) is 22.4 Å². The molecule has 18 heavy (non-hydrogen) atoms. The molecule has 98 valence electrons. The second kappa shape index (κ2) is 5.87. The predicted octanol–water partition coefficient (Wildman–Crippen LogP) is 3.80. The van der Waals surface area contributed by atoms with Crippen LogP contribution in [0.25, 0.3) is 0 Å². The van der Waals surface area contributed by atoms with Crippen molar-refractivity contribution in [2.45, 2.75) is 44.4 Å². The smallest absolute Gasteiger partial charge is 0.104 e. The van der Waals surface area contributed by atoms with E-state index in [-0.39, 0.29) is 0 Å². The van der Waals surface area contributed by atoms with Crippen LogP contribution in [0.4, 0.5) is 0 Å². The predicted molar refractivity (Wildman–Crippen MR) is 78.6 cm³/mol. The molecule has 0 spiro atoms. The van der Waals surface area contributed by atoms with Gasteiger partial charge in [-0.15, -0.1) is 0 Å². The third-order valence-corrected chi connectivity index (χ3v) is 4.97. The number of rotatable bonds is 3. The number of nitrogens with zero attached hydrogens (tertiary/aromatic N) is 1. The maximum atomic E-state index is 4.71. The van der Waals surface area contributed by atoms with Gasteiger partial charge in [-0.3, -0.25) is 4.99 Å². The SMILES string of the molecule is c1cc(C(C2=NCCN2)C2CCCCCC2)cs1. The van der Waals surface area contributed by atoms with Crippen molar-refractivity contribution in [1.82, 2.24) is 5.32 Å². The topological polar surface area (TPSA) is 24.4 Å². The summed E-state index contributed by atoms with van der Waals surface area (Å²) < 4.78 is 0. The molecule has 1 aliphatic heterocycles. The average molecular weight is 262 g/mol. The van der Waals surface area contributed by atoms with Gasteiger partial charge in [0.15, 0.2) is 0 Å². The lowest BCUT2D eigenvalue weighted by Crippen LogP contribution is -2.30. The Hall–Kier alpha value is -0.830. The van der Waals surface area contributed by atoms with Crippen LogP contribution in [0.2, 0.25) is 0 Å². The molecule has 3 rings (SSSR count). The van der Waals surface area contributed by atoms with Gasteiger partial charge in [-0.1, -0.05) is 25.7 Å². The van der Waals surface area contributed by atoms with E-state index in [1.54, 1.807) is 0 Å². The third kappa shape index (κ3) is 2.61. The third-order valence-electron chi connectivity index (χ3n) is 4.27. The quantitative estimate of drug-likeness (QED) is 0.823. The molecule has 1 aliphatic carbocycles. The van der Waals surface area contributed by atoms with Crippen molar-refractivity contribution in [1.29, 1.82) is 0 Å². The van der Waals surface area contributed by atoms with Crippen molar-refractivity contribution in [3.63, 3.8) is 0 Å². The van der Waals surface area contributed by atoms with Crippen molar-refractivity contribution in [2.24, 2.45) is 10.9 Å². The van der Waals surface area contributed by atoms with Crippen LogP contribution < -0.4 is 5.32 Å². The van der Waals surface area contributed by atoms with Crippen LogP contribution in [-0.4, -0.2) is 18.9 Å². The number of hydrogen-bond acceptors (Lipinski definition) is 3. The molecule has 0 radical (unpaired) electrons. The van der Waals surface area contributed by atoms with Gasteiger partial charge in [-0.2, -0.15) is 11.3 Å². The summed E-state index contributed by atoms with van der Waals surface area (Å²) in [5.41, 5.74) is 1.49. The van der Waals surface area contributed by atoms with Gasteiger partial charge in [-0.25, -0.2) is 0 Å². The average Bonchev–Trinajstić information content (AvgIpc) is 3.02. The number of nitrogens with one attached hydrogen (secondary N) is 1. The fraction of sp³-hybridized carbons (Fsp3) is 0.667. The van der Waals surface area contributed by atoms with Crippen molar-refractivity contribution < 1.29 is 0 Å². The molecule has 1 aromatic heterocycles. The lowest BCUT2D eigenvalue weighted by atomic mass is 9.81. The summed E-state index contributed by atoms with van der Waals surface area (Å²) in [6.07, 6.45) is 8.40. The van der Waals surface area contributed by atoms with Gasteiger partial charge in [0.2, 0.25) is 0 Å². The second-order valence-corrected chi connectivity index (χ2v) is 6.26. The van der Waals surface area contributed by atoms with Crippen molar-refractivity contribution in [2.75, 3.05) is 13.1 Å². The van der Waals surface area contributed by atoms with Crippen LogP contribution in [0.5, 0.6) is 0 Å². The van der Waals surface area contributed by atoms with E-state index in [0.717, 1.165) is 19.0 Å². The molecule has 2 nitrogen and oxygen atoms in total. The standard InChI is InChI=1S/C15H22N2S/c1-2-4-6-12(5-3-1)14(13-7-10-18-11-13)15-16-8-9-17-15/h7,10-12,14H,1-6,8-9H2,(H,16,17). The maximum absolute atomic E-state index is 4.71. The minimum atomic E-state index is 0.539. The Morgan fingerprint density at radius 2 is 2.06 bits per heavy atom. The molecule has 3 heteroatoms. The molecule has 1 saturated carbocycles.